The minimum Gasteiger partial charge on any atom is -0.493 e. The molecule has 27 heavy (non-hydrogen) atoms. The van der Waals surface area contributed by atoms with Gasteiger partial charge in [-0.15, -0.1) is 11.8 Å². The van der Waals surface area contributed by atoms with E-state index in [0.717, 1.165) is 4.90 Å². The van der Waals surface area contributed by atoms with Gasteiger partial charge in [0.25, 0.3) is 0 Å². The maximum Gasteiger partial charge on any atom is 0.337 e. The maximum atomic E-state index is 13.1. The molecule has 0 unspecified atom stereocenters. The molecule has 0 aliphatic rings. The van der Waals surface area contributed by atoms with Crippen LogP contribution in [0.5, 0.6) is 11.5 Å². The molecule has 1 N–H and O–H groups in total. The fraction of sp³-hybridized carbons (Fsp3) is 0.150. The average Bonchev–Trinajstić information content (AvgIpc) is 2.71. The van der Waals surface area contributed by atoms with Crippen molar-refractivity contribution >= 4 is 34.3 Å². The number of carboxylic acids is 1. The number of carbonyl (C=O) groups excluding carboxylic acids is 1. The molecule has 0 aliphatic carbocycles. The van der Waals surface area contributed by atoms with Crippen LogP contribution in [0.3, 0.4) is 0 Å². The summed E-state index contributed by atoms with van der Waals surface area (Å²) in [5, 5.41) is 10.2. The topological polar surface area (TPSA) is 85.7 Å². The predicted octanol–water partition coefficient (Wildman–Crippen LogP) is 3.90. The highest BCUT2D eigenvalue weighted by atomic mass is 32.2. The summed E-state index contributed by atoms with van der Waals surface area (Å²) in [6, 6.07) is 10.3. The molecule has 0 saturated heterocycles. The summed E-state index contributed by atoms with van der Waals surface area (Å²) in [4.78, 5) is 29.8. The number of ketones is 1. The summed E-state index contributed by atoms with van der Waals surface area (Å²) in [5.41, 5.74) is 0.628. The zero-order chi connectivity index (χ0) is 19.6. The Labute approximate surface area is 160 Å². The Balaban J connectivity index is 2.28. The Hall–Kier alpha value is -3.06. The minimum absolute atomic E-state index is 0.0135. The number of benzene rings is 2. The first kappa shape index (κ1) is 18.7. The lowest BCUT2D eigenvalue weighted by Gasteiger charge is -2.13. The quantitative estimate of drug-likeness (QED) is 0.510. The number of carbonyl (C=O) groups is 2. The molecule has 7 heteroatoms. The van der Waals surface area contributed by atoms with Crippen molar-refractivity contribution in [1.82, 2.24) is 4.98 Å². The number of carboxylic acid groups (broad SMARTS) is 1. The molecule has 0 saturated carbocycles. The second-order valence-corrected chi connectivity index (χ2v) is 6.52. The third-order valence-electron chi connectivity index (χ3n) is 4.17. The van der Waals surface area contributed by atoms with Gasteiger partial charge in [0.1, 0.15) is 5.69 Å². The number of aromatic carboxylic acids is 1. The fourth-order valence-electron chi connectivity index (χ4n) is 2.82. The minimum atomic E-state index is -1.14. The van der Waals surface area contributed by atoms with E-state index in [1.165, 1.54) is 32.2 Å². The van der Waals surface area contributed by atoms with Crippen molar-refractivity contribution in [3.63, 3.8) is 0 Å². The van der Waals surface area contributed by atoms with Crippen LogP contribution >= 0.6 is 11.8 Å². The normalized spacial score (nSPS) is 10.6. The molecule has 3 aromatic rings. The monoisotopic (exact) mass is 383 g/mol. The van der Waals surface area contributed by atoms with Gasteiger partial charge in [-0.3, -0.25) is 9.78 Å². The number of ether oxygens (including phenoxy) is 2. The average molecular weight is 383 g/mol. The molecule has 0 fully saturated rings. The summed E-state index contributed by atoms with van der Waals surface area (Å²) in [5.74, 6) is -0.661. The molecule has 0 amide bonds. The van der Waals surface area contributed by atoms with E-state index in [9.17, 15) is 14.7 Å². The summed E-state index contributed by atoms with van der Waals surface area (Å²) in [7, 11) is 2.94. The zero-order valence-electron chi connectivity index (χ0n) is 15.0. The molecule has 0 atom stereocenters. The molecular weight excluding hydrogens is 366 g/mol. The standard InChI is InChI=1S/C20H17NO5S/c1-25-16-8-13-14(9-17(16)26-2)18(21-10-15(13)20(23)24)19(22)11-5-4-6-12(7-11)27-3/h4-10H,1-3H3,(H,23,24). The SMILES string of the molecule is COc1cc2c(C(=O)O)cnc(C(=O)c3cccc(SC)c3)c2cc1OC. The fourth-order valence-corrected chi connectivity index (χ4v) is 3.28. The van der Waals surface area contributed by atoms with Gasteiger partial charge >= 0.3 is 5.97 Å². The van der Waals surface area contributed by atoms with Crippen molar-refractivity contribution in [1.29, 1.82) is 0 Å². The van der Waals surface area contributed by atoms with Crippen LogP contribution in [-0.2, 0) is 0 Å². The summed E-state index contributed by atoms with van der Waals surface area (Å²) < 4.78 is 10.6. The van der Waals surface area contributed by atoms with Gasteiger partial charge in [-0.2, -0.15) is 0 Å². The Morgan fingerprint density at radius 2 is 1.70 bits per heavy atom. The lowest BCUT2D eigenvalue weighted by atomic mass is 9.99. The van der Waals surface area contributed by atoms with E-state index < -0.39 is 5.97 Å². The largest absolute Gasteiger partial charge is 0.493 e. The van der Waals surface area contributed by atoms with E-state index in [0.29, 0.717) is 27.8 Å². The zero-order valence-corrected chi connectivity index (χ0v) is 15.8. The van der Waals surface area contributed by atoms with E-state index in [4.69, 9.17) is 9.47 Å². The van der Waals surface area contributed by atoms with Crippen LogP contribution in [-0.4, -0.2) is 42.3 Å². The predicted molar refractivity (Wildman–Crippen MR) is 103 cm³/mol. The smallest absolute Gasteiger partial charge is 0.337 e. The number of methoxy groups -OCH3 is 2. The van der Waals surface area contributed by atoms with Gasteiger partial charge in [-0.1, -0.05) is 12.1 Å². The second-order valence-electron chi connectivity index (χ2n) is 5.64. The molecule has 1 aromatic heterocycles. The molecule has 0 bridgehead atoms. The van der Waals surface area contributed by atoms with E-state index in [1.54, 1.807) is 30.3 Å². The molecular formula is C20H17NO5S. The van der Waals surface area contributed by atoms with E-state index >= 15 is 0 Å². The highest BCUT2D eigenvalue weighted by Gasteiger charge is 2.21. The van der Waals surface area contributed by atoms with Gasteiger partial charge in [-0.05, 0) is 30.5 Å². The van der Waals surface area contributed by atoms with Gasteiger partial charge in [0.15, 0.2) is 11.5 Å². The van der Waals surface area contributed by atoms with Gasteiger partial charge < -0.3 is 14.6 Å². The van der Waals surface area contributed by atoms with Crippen molar-refractivity contribution in [3.8, 4) is 11.5 Å². The second kappa shape index (κ2) is 7.67. The summed E-state index contributed by atoms with van der Waals surface area (Å²) in [6.45, 7) is 0. The molecule has 1 heterocycles. The number of nitrogens with zero attached hydrogens (tertiary/aromatic N) is 1. The first-order valence-corrected chi connectivity index (χ1v) is 9.19. The first-order valence-electron chi connectivity index (χ1n) is 7.97. The highest BCUT2D eigenvalue weighted by Crippen LogP contribution is 2.35. The number of aromatic nitrogens is 1. The third-order valence-corrected chi connectivity index (χ3v) is 4.89. The summed E-state index contributed by atoms with van der Waals surface area (Å²) >= 11 is 1.53. The number of pyridine rings is 1. The number of thioether (sulfide) groups is 1. The van der Waals surface area contributed by atoms with Crippen molar-refractivity contribution in [2.75, 3.05) is 20.5 Å². The van der Waals surface area contributed by atoms with Crippen molar-refractivity contribution in [2.45, 2.75) is 4.90 Å². The Bertz CT molecular complexity index is 1050. The van der Waals surface area contributed by atoms with E-state index in [2.05, 4.69) is 4.98 Å². The van der Waals surface area contributed by atoms with Crippen molar-refractivity contribution < 1.29 is 24.2 Å². The third kappa shape index (κ3) is 3.46. The summed E-state index contributed by atoms with van der Waals surface area (Å²) in [6.07, 6.45) is 3.12. The van der Waals surface area contributed by atoms with Crippen LogP contribution in [0.25, 0.3) is 10.8 Å². The molecule has 0 aliphatic heterocycles. The van der Waals surface area contributed by atoms with Gasteiger partial charge in [0, 0.05) is 27.4 Å². The number of hydrogen-bond donors (Lipinski definition) is 1. The van der Waals surface area contributed by atoms with E-state index in [1.807, 2.05) is 12.3 Å². The number of fused-ring (bicyclic) bond motifs is 1. The van der Waals surface area contributed by atoms with E-state index in [-0.39, 0.29) is 17.0 Å². The number of hydrogen-bond acceptors (Lipinski definition) is 6. The molecule has 0 spiro atoms. The van der Waals surface area contributed by atoms with Gasteiger partial charge in [0.05, 0.1) is 19.8 Å². The lowest BCUT2D eigenvalue weighted by molar-refractivity contribution is 0.0698. The van der Waals surface area contributed by atoms with Crippen LogP contribution in [0, 0.1) is 0 Å². The Morgan fingerprint density at radius 3 is 2.30 bits per heavy atom. The molecule has 0 radical (unpaired) electrons. The molecule has 138 valence electrons. The molecule has 6 nitrogen and oxygen atoms in total. The Morgan fingerprint density at radius 1 is 1.04 bits per heavy atom. The Kier molecular flexibility index (Phi) is 5.32. The number of rotatable bonds is 6. The maximum absolute atomic E-state index is 13.1. The highest BCUT2D eigenvalue weighted by molar-refractivity contribution is 7.98. The van der Waals surface area contributed by atoms with Crippen LogP contribution in [0.4, 0.5) is 0 Å². The van der Waals surface area contributed by atoms with Gasteiger partial charge in [0.2, 0.25) is 5.78 Å². The van der Waals surface area contributed by atoms with Crippen LogP contribution in [0.15, 0.2) is 47.5 Å². The van der Waals surface area contributed by atoms with Crippen molar-refractivity contribution in [2.24, 2.45) is 0 Å². The molecule has 3 rings (SSSR count). The lowest BCUT2D eigenvalue weighted by Crippen LogP contribution is -2.09. The van der Waals surface area contributed by atoms with Gasteiger partial charge in [-0.25, -0.2) is 4.79 Å². The molecule has 2 aromatic carbocycles. The van der Waals surface area contributed by atoms with Crippen LogP contribution in [0.1, 0.15) is 26.4 Å². The first-order chi connectivity index (χ1) is 13.0. The van der Waals surface area contributed by atoms with Crippen LogP contribution in [0.2, 0.25) is 0 Å². The van der Waals surface area contributed by atoms with Crippen molar-refractivity contribution in [3.05, 3.63) is 59.4 Å². The van der Waals surface area contributed by atoms with Crippen LogP contribution < -0.4 is 9.47 Å².